The molecule has 4 aromatic rings. The SMILES string of the molecule is COc1ccc(-c2nnc(SCC(=O)Nc3ccc(C#N)cc3)n2-c2ccccc2C(C)C)cc1. The third kappa shape index (κ3) is 5.53. The zero-order valence-corrected chi connectivity index (χ0v) is 20.5. The lowest BCUT2D eigenvalue weighted by Crippen LogP contribution is -2.14. The number of carbonyl (C=O) groups is 1. The van der Waals surface area contributed by atoms with E-state index in [4.69, 9.17) is 10.00 Å². The summed E-state index contributed by atoms with van der Waals surface area (Å²) in [7, 11) is 1.63. The number of nitrogens with zero attached hydrogens (tertiary/aromatic N) is 4. The molecule has 35 heavy (non-hydrogen) atoms. The topological polar surface area (TPSA) is 92.8 Å². The van der Waals surface area contributed by atoms with Crippen molar-refractivity contribution in [2.24, 2.45) is 0 Å². The summed E-state index contributed by atoms with van der Waals surface area (Å²) in [4.78, 5) is 12.6. The zero-order valence-electron chi connectivity index (χ0n) is 19.7. The average Bonchev–Trinajstić information content (AvgIpc) is 3.31. The van der Waals surface area contributed by atoms with Crippen LogP contribution in [0.25, 0.3) is 17.1 Å². The van der Waals surface area contributed by atoms with Gasteiger partial charge in [0.25, 0.3) is 0 Å². The molecule has 0 aliphatic heterocycles. The van der Waals surface area contributed by atoms with Crippen molar-refractivity contribution in [2.75, 3.05) is 18.2 Å². The lowest BCUT2D eigenvalue weighted by Gasteiger charge is -2.17. The molecule has 0 aliphatic carbocycles. The quantitative estimate of drug-likeness (QED) is 0.325. The van der Waals surface area contributed by atoms with E-state index in [9.17, 15) is 4.79 Å². The highest BCUT2D eigenvalue weighted by atomic mass is 32.2. The van der Waals surface area contributed by atoms with Crippen molar-refractivity contribution in [3.05, 3.63) is 83.9 Å². The fourth-order valence-corrected chi connectivity index (χ4v) is 4.39. The maximum Gasteiger partial charge on any atom is 0.234 e. The zero-order chi connectivity index (χ0) is 24.8. The number of aromatic nitrogens is 3. The summed E-state index contributed by atoms with van der Waals surface area (Å²) in [5, 5.41) is 21.4. The van der Waals surface area contributed by atoms with E-state index in [0.717, 1.165) is 22.6 Å². The normalized spacial score (nSPS) is 10.7. The molecule has 1 amide bonds. The lowest BCUT2D eigenvalue weighted by molar-refractivity contribution is -0.113. The number of nitrogens with one attached hydrogen (secondary N) is 1. The molecule has 0 bridgehead atoms. The highest BCUT2D eigenvalue weighted by Crippen LogP contribution is 2.32. The van der Waals surface area contributed by atoms with Gasteiger partial charge in [0, 0.05) is 11.3 Å². The second-order valence-corrected chi connectivity index (χ2v) is 9.05. The van der Waals surface area contributed by atoms with Crippen molar-refractivity contribution < 1.29 is 9.53 Å². The van der Waals surface area contributed by atoms with E-state index in [1.807, 2.05) is 47.0 Å². The summed E-state index contributed by atoms with van der Waals surface area (Å²) >= 11 is 1.32. The first-order valence-electron chi connectivity index (χ1n) is 11.1. The third-order valence-electron chi connectivity index (χ3n) is 5.41. The maximum atomic E-state index is 12.6. The Morgan fingerprint density at radius 3 is 2.43 bits per heavy atom. The first-order valence-corrected chi connectivity index (χ1v) is 12.1. The van der Waals surface area contributed by atoms with Crippen LogP contribution in [0, 0.1) is 11.3 Å². The lowest BCUT2D eigenvalue weighted by atomic mass is 10.0. The van der Waals surface area contributed by atoms with E-state index in [-0.39, 0.29) is 17.6 Å². The maximum absolute atomic E-state index is 12.6. The molecule has 7 nitrogen and oxygen atoms in total. The molecule has 0 radical (unpaired) electrons. The van der Waals surface area contributed by atoms with Crippen LogP contribution in [0.3, 0.4) is 0 Å². The number of methoxy groups -OCH3 is 1. The molecule has 8 heteroatoms. The number of hydrogen-bond acceptors (Lipinski definition) is 6. The molecule has 0 fully saturated rings. The highest BCUT2D eigenvalue weighted by molar-refractivity contribution is 7.99. The molecule has 0 spiro atoms. The van der Waals surface area contributed by atoms with Gasteiger partial charge in [-0.05, 0) is 66.1 Å². The molecule has 0 saturated heterocycles. The van der Waals surface area contributed by atoms with Crippen LogP contribution in [0.15, 0.2) is 78.0 Å². The number of para-hydroxylation sites is 1. The van der Waals surface area contributed by atoms with Gasteiger partial charge in [0.2, 0.25) is 5.91 Å². The van der Waals surface area contributed by atoms with Gasteiger partial charge < -0.3 is 10.1 Å². The molecule has 1 aromatic heterocycles. The van der Waals surface area contributed by atoms with Crippen molar-refractivity contribution in [3.8, 4) is 28.9 Å². The van der Waals surface area contributed by atoms with Gasteiger partial charge in [0.1, 0.15) is 5.75 Å². The number of benzene rings is 3. The Morgan fingerprint density at radius 2 is 1.77 bits per heavy atom. The van der Waals surface area contributed by atoms with Crippen LogP contribution in [0.5, 0.6) is 5.75 Å². The van der Waals surface area contributed by atoms with E-state index in [2.05, 4.69) is 41.5 Å². The summed E-state index contributed by atoms with van der Waals surface area (Å²) < 4.78 is 7.31. The van der Waals surface area contributed by atoms with Gasteiger partial charge in [0.05, 0.1) is 30.2 Å². The van der Waals surface area contributed by atoms with Crippen molar-refractivity contribution in [2.45, 2.75) is 24.9 Å². The van der Waals surface area contributed by atoms with E-state index < -0.39 is 0 Å². The first kappa shape index (κ1) is 24.0. The number of amides is 1. The number of thioether (sulfide) groups is 1. The average molecular weight is 484 g/mol. The molecule has 0 unspecified atom stereocenters. The number of carbonyl (C=O) groups excluding carboxylic acids is 1. The second kappa shape index (κ2) is 10.9. The molecule has 176 valence electrons. The van der Waals surface area contributed by atoms with Crippen LogP contribution in [-0.4, -0.2) is 33.5 Å². The Hall–Kier alpha value is -4.09. The van der Waals surface area contributed by atoms with Crippen molar-refractivity contribution in [3.63, 3.8) is 0 Å². The Kier molecular flexibility index (Phi) is 7.48. The van der Waals surface area contributed by atoms with Crippen LogP contribution in [-0.2, 0) is 4.79 Å². The van der Waals surface area contributed by atoms with Gasteiger partial charge in [0.15, 0.2) is 11.0 Å². The molecule has 0 atom stereocenters. The summed E-state index contributed by atoms with van der Waals surface area (Å²) in [6.45, 7) is 4.29. The molecular weight excluding hydrogens is 458 g/mol. The fraction of sp³-hybridized carbons (Fsp3) is 0.185. The van der Waals surface area contributed by atoms with E-state index in [1.54, 1.807) is 31.4 Å². The van der Waals surface area contributed by atoms with Gasteiger partial charge in [-0.25, -0.2) is 0 Å². The van der Waals surface area contributed by atoms with Crippen LogP contribution in [0.1, 0.15) is 30.9 Å². The monoisotopic (exact) mass is 483 g/mol. The minimum absolute atomic E-state index is 0.157. The predicted octanol–water partition coefficient (Wildman–Crippen LogP) is 5.67. The van der Waals surface area contributed by atoms with Gasteiger partial charge in [-0.1, -0.05) is 43.8 Å². The van der Waals surface area contributed by atoms with Crippen molar-refractivity contribution >= 4 is 23.4 Å². The Labute approximate surface area is 208 Å². The minimum atomic E-state index is -0.169. The second-order valence-electron chi connectivity index (χ2n) is 8.11. The number of anilines is 1. The smallest absolute Gasteiger partial charge is 0.234 e. The summed E-state index contributed by atoms with van der Waals surface area (Å²) in [5.41, 5.74) is 4.21. The minimum Gasteiger partial charge on any atom is -0.497 e. The van der Waals surface area contributed by atoms with Crippen LogP contribution in [0.2, 0.25) is 0 Å². The molecule has 0 aliphatic rings. The summed E-state index contributed by atoms with van der Waals surface area (Å²) in [6.07, 6.45) is 0. The number of ether oxygens (including phenoxy) is 1. The Morgan fingerprint density at radius 1 is 1.06 bits per heavy atom. The van der Waals surface area contributed by atoms with Gasteiger partial charge in [-0.3, -0.25) is 9.36 Å². The van der Waals surface area contributed by atoms with Crippen LogP contribution in [0.4, 0.5) is 5.69 Å². The first-order chi connectivity index (χ1) is 17.0. The van der Waals surface area contributed by atoms with Crippen LogP contribution < -0.4 is 10.1 Å². The molecular formula is C27H25N5O2S. The number of hydrogen-bond donors (Lipinski definition) is 1. The van der Waals surface area contributed by atoms with E-state index in [0.29, 0.717) is 22.2 Å². The van der Waals surface area contributed by atoms with Gasteiger partial charge in [-0.2, -0.15) is 5.26 Å². The van der Waals surface area contributed by atoms with Crippen LogP contribution >= 0.6 is 11.8 Å². The highest BCUT2D eigenvalue weighted by Gasteiger charge is 2.20. The number of nitriles is 1. The molecule has 1 N–H and O–H groups in total. The molecule has 1 heterocycles. The van der Waals surface area contributed by atoms with Crippen molar-refractivity contribution in [1.29, 1.82) is 5.26 Å². The van der Waals surface area contributed by atoms with Gasteiger partial charge >= 0.3 is 0 Å². The standard InChI is InChI=1S/C27H25N5O2S/c1-18(2)23-6-4-5-7-24(23)32-26(20-10-14-22(34-3)15-11-20)30-31-27(32)35-17-25(33)29-21-12-8-19(16-28)9-13-21/h4-15,18H,17H2,1-3H3,(H,29,33). The molecule has 0 saturated carbocycles. The molecule has 3 aromatic carbocycles. The largest absolute Gasteiger partial charge is 0.497 e. The van der Waals surface area contributed by atoms with E-state index >= 15 is 0 Å². The van der Waals surface area contributed by atoms with Gasteiger partial charge in [-0.15, -0.1) is 10.2 Å². The van der Waals surface area contributed by atoms with E-state index in [1.165, 1.54) is 11.8 Å². The third-order valence-corrected chi connectivity index (χ3v) is 6.34. The number of rotatable bonds is 8. The summed E-state index contributed by atoms with van der Waals surface area (Å²) in [5.74, 6) is 1.73. The van der Waals surface area contributed by atoms with Crippen molar-refractivity contribution in [1.82, 2.24) is 14.8 Å². The Bertz CT molecular complexity index is 1360. The fourth-order valence-electron chi connectivity index (χ4n) is 3.64. The molecule has 4 rings (SSSR count). The Balaban J connectivity index is 1.64. The predicted molar refractivity (Wildman–Crippen MR) is 138 cm³/mol. The summed E-state index contributed by atoms with van der Waals surface area (Å²) in [6, 6.07) is 24.7.